The van der Waals surface area contributed by atoms with Gasteiger partial charge in [-0.3, -0.25) is 9.52 Å². The zero-order valence-electron chi connectivity index (χ0n) is 12.3. The first-order valence-corrected chi connectivity index (χ1v) is 8.14. The molecule has 0 saturated heterocycles. The van der Waals surface area contributed by atoms with E-state index >= 15 is 0 Å². The van der Waals surface area contributed by atoms with Gasteiger partial charge in [-0.25, -0.2) is 8.42 Å². The van der Waals surface area contributed by atoms with Crippen LogP contribution in [-0.2, 0) is 21.2 Å². The molecule has 7 nitrogen and oxygen atoms in total. The van der Waals surface area contributed by atoms with E-state index in [-0.39, 0.29) is 16.6 Å². The Morgan fingerprint density at radius 1 is 1.27 bits per heavy atom. The van der Waals surface area contributed by atoms with E-state index < -0.39 is 10.0 Å². The summed E-state index contributed by atoms with van der Waals surface area (Å²) in [4.78, 5) is 10.9. The summed E-state index contributed by atoms with van der Waals surface area (Å²) >= 11 is 0. The van der Waals surface area contributed by atoms with E-state index in [1.807, 2.05) is 0 Å². The van der Waals surface area contributed by atoms with E-state index in [0.29, 0.717) is 18.7 Å². The second-order valence-corrected chi connectivity index (χ2v) is 6.49. The summed E-state index contributed by atoms with van der Waals surface area (Å²) in [5, 5.41) is 6.28. The molecule has 0 saturated carbocycles. The molecule has 1 aromatic carbocycles. The fourth-order valence-corrected chi connectivity index (χ4v) is 2.81. The number of carbonyl (C=O) groups excluding carboxylic acids is 1. The van der Waals surface area contributed by atoms with Crippen LogP contribution in [0.1, 0.15) is 18.2 Å². The van der Waals surface area contributed by atoms with Crippen LogP contribution in [-0.4, -0.2) is 26.0 Å². The van der Waals surface area contributed by atoms with Gasteiger partial charge in [0.05, 0.1) is 4.90 Å². The fourth-order valence-electron chi connectivity index (χ4n) is 1.83. The van der Waals surface area contributed by atoms with E-state index in [2.05, 4.69) is 15.2 Å². The number of sulfonamides is 1. The molecule has 118 valence electrons. The van der Waals surface area contributed by atoms with E-state index in [1.165, 1.54) is 25.1 Å². The molecular weight excluding hydrogens is 306 g/mol. The third-order valence-electron chi connectivity index (χ3n) is 2.89. The molecule has 8 heteroatoms. The largest absolute Gasteiger partial charge is 0.360 e. The van der Waals surface area contributed by atoms with Gasteiger partial charge in [-0.2, -0.15) is 0 Å². The predicted octanol–water partition coefficient (Wildman–Crippen LogP) is 1.46. The molecule has 0 aliphatic carbocycles. The summed E-state index contributed by atoms with van der Waals surface area (Å²) in [5.41, 5.74) is 0.935. The average Bonchev–Trinajstić information content (AvgIpc) is 2.83. The molecule has 0 bridgehead atoms. The normalized spacial score (nSPS) is 11.2. The van der Waals surface area contributed by atoms with Gasteiger partial charge in [0.15, 0.2) is 5.82 Å². The molecular formula is C14H17N3O4S. The number of rotatable bonds is 6. The Morgan fingerprint density at radius 2 is 1.95 bits per heavy atom. The fraction of sp³-hybridized carbons (Fsp3) is 0.286. The third-order valence-corrected chi connectivity index (χ3v) is 4.26. The molecule has 2 aromatic rings. The number of aryl methyl sites for hydroxylation is 1. The Morgan fingerprint density at radius 3 is 2.50 bits per heavy atom. The highest BCUT2D eigenvalue weighted by molar-refractivity contribution is 7.92. The van der Waals surface area contributed by atoms with Crippen molar-refractivity contribution < 1.29 is 17.7 Å². The Bertz CT molecular complexity index is 751. The number of aromatic nitrogens is 1. The van der Waals surface area contributed by atoms with Crippen LogP contribution in [0.2, 0.25) is 0 Å². The second-order valence-electron chi connectivity index (χ2n) is 4.81. The van der Waals surface area contributed by atoms with Crippen LogP contribution in [0, 0.1) is 6.92 Å². The summed E-state index contributed by atoms with van der Waals surface area (Å²) in [7, 11) is -3.69. The maximum Gasteiger partial charge on any atom is 0.263 e. The molecule has 0 radical (unpaired) electrons. The van der Waals surface area contributed by atoms with Crippen LogP contribution in [0.5, 0.6) is 0 Å². The first-order chi connectivity index (χ1) is 10.4. The van der Waals surface area contributed by atoms with Crippen LogP contribution >= 0.6 is 0 Å². The Balaban J connectivity index is 2.03. The van der Waals surface area contributed by atoms with Crippen molar-refractivity contribution in [2.45, 2.75) is 25.2 Å². The van der Waals surface area contributed by atoms with Crippen LogP contribution in [0.3, 0.4) is 0 Å². The molecule has 0 spiro atoms. The molecule has 22 heavy (non-hydrogen) atoms. The zero-order valence-corrected chi connectivity index (χ0v) is 13.1. The maximum atomic E-state index is 12.2. The molecule has 0 aliphatic heterocycles. The van der Waals surface area contributed by atoms with Gasteiger partial charge in [-0.15, -0.1) is 0 Å². The van der Waals surface area contributed by atoms with Crippen molar-refractivity contribution in [3.8, 4) is 0 Å². The number of anilines is 1. The van der Waals surface area contributed by atoms with Gasteiger partial charge >= 0.3 is 0 Å². The topological polar surface area (TPSA) is 101 Å². The Kier molecular flexibility index (Phi) is 4.81. The second kappa shape index (κ2) is 6.61. The number of nitrogens with zero attached hydrogens (tertiary/aromatic N) is 1. The van der Waals surface area contributed by atoms with Gasteiger partial charge in [-0.1, -0.05) is 17.3 Å². The van der Waals surface area contributed by atoms with Crippen LogP contribution < -0.4 is 10.0 Å². The lowest BCUT2D eigenvalue weighted by Gasteiger charge is -2.06. The molecule has 1 amide bonds. The van der Waals surface area contributed by atoms with Gasteiger partial charge in [0.25, 0.3) is 10.0 Å². The van der Waals surface area contributed by atoms with E-state index in [1.54, 1.807) is 19.1 Å². The van der Waals surface area contributed by atoms with Crippen molar-refractivity contribution in [3.63, 3.8) is 0 Å². The van der Waals surface area contributed by atoms with Gasteiger partial charge in [0.2, 0.25) is 5.91 Å². The number of hydrogen-bond acceptors (Lipinski definition) is 5. The third kappa shape index (κ3) is 4.32. The minimum absolute atomic E-state index is 0.0914. The van der Waals surface area contributed by atoms with Crippen LogP contribution in [0.15, 0.2) is 39.8 Å². The number of nitrogens with one attached hydrogen (secondary N) is 2. The summed E-state index contributed by atoms with van der Waals surface area (Å²) in [6, 6.07) is 7.95. The highest BCUT2D eigenvalue weighted by Crippen LogP contribution is 2.16. The highest BCUT2D eigenvalue weighted by atomic mass is 32.2. The summed E-state index contributed by atoms with van der Waals surface area (Å²) < 4.78 is 31.5. The summed E-state index contributed by atoms with van der Waals surface area (Å²) in [6.07, 6.45) is 0.635. The summed E-state index contributed by atoms with van der Waals surface area (Å²) in [6.45, 7) is 3.64. The van der Waals surface area contributed by atoms with Crippen molar-refractivity contribution in [2.75, 3.05) is 11.3 Å². The first kappa shape index (κ1) is 16.0. The predicted molar refractivity (Wildman–Crippen MR) is 80.9 cm³/mol. The van der Waals surface area contributed by atoms with Crippen molar-refractivity contribution >= 4 is 21.7 Å². The van der Waals surface area contributed by atoms with Gasteiger partial charge < -0.3 is 9.84 Å². The van der Waals surface area contributed by atoms with Crippen molar-refractivity contribution in [2.24, 2.45) is 0 Å². The molecule has 2 N–H and O–H groups in total. The number of hydrogen-bond donors (Lipinski definition) is 2. The lowest BCUT2D eigenvalue weighted by Crippen LogP contribution is -2.22. The van der Waals surface area contributed by atoms with E-state index in [0.717, 1.165) is 5.56 Å². The zero-order chi connectivity index (χ0) is 16.2. The Labute approximate surface area is 128 Å². The Hall–Kier alpha value is -2.35. The lowest BCUT2D eigenvalue weighted by atomic mass is 10.1. The van der Waals surface area contributed by atoms with Crippen LogP contribution in [0.4, 0.5) is 5.82 Å². The minimum atomic E-state index is -3.69. The first-order valence-electron chi connectivity index (χ1n) is 6.66. The monoisotopic (exact) mass is 323 g/mol. The highest BCUT2D eigenvalue weighted by Gasteiger charge is 2.16. The smallest absolute Gasteiger partial charge is 0.263 e. The lowest BCUT2D eigenvalue weighted by molar-refractivity contribution is -0.118. The van der Waals surface area contributed by atoms with E-state index in [4.69, 9.17) is 4.52 Å². The molecule has 0 unspecified atom stereocenters. The molecule has 0 aliphatic rings. The minimum Gasteiger partial charge on any atom is -0.360 e. The van der Waals surface area contributed by atoms with Gasteiger partial charge in [-0.05, 0) is 31.0 Å². The quantitative estimate of drug-likeness (QED) is 0.838. The van der Waals surface area contributed by atoms with E-state index in [9.17, 15) is 13.2 Å². The van der Waals surface area contributed by atoms with Crippen molar-refractivity contribution in [1.29, 1.82) is 0 Å². The molecule has 2 rings (SSSR count). The van der Waals surface area contributed by atoms with Crippen molar-refractivity contribution in [1.82, 2.24) is 10.5 Å². The molecule has 1 aromatic heterocycles. The number of benzene rings is 1. The average molecular weight is 323 g/mol. The molecule has 0 fully saturated rings. The molecule has 0 atom stereocenters. The number of carbonyl (C=O) groups is 1. The summed E-state index contributed by atoms with van der Waals surface area (Å²) in [5.74, 6) is 0.574. The SMILES string of the molecule is CC(=O)NCCc1ccc(S(=O)(=O)Nc2cc(C)on2)cc1. The standard InChI is InChI=1S/C14H17N3O4S/c1-10-9-14(16-21-10)17-22(19,20)13-5-3-12(4-6-13)7-8-15-11(2)18/h3-6,9H,7-8H2,1-2H3,(H,15,18)(H,16,17). The number of amides is 1. The van der Waals surface area contributed by atoms with Crippen molar-refractivity contribution in [3.05, 3.63) is 41.7 Å². The maximum absolute atomic E-state index is 12.2. The van der Waals surface area contributed by atoms with Gasteiger partial charge in [0.1, 0.15) is 5.76 Å². The van der Waals surface area contributed by atoms with Crippen LogP contribution in [0.25, 0.3) is 0 Å². The van der Waals surface area contributed by atoms with Gasteiger partial charge in [0, 0.05) is 19.5 Å². The molecule has 1 heterocycles.